The molecule has 0 unspecified atom stereocenters. The van der Waals surface area contributed by atoms with Crippen LogP contribution in [-0.4, -0.2) is 29.3 Å². The number of amides is 2. The van der Waals surface area contributed by atoms with Gasteiger partial charge in [0.25, 0.3) is 11.8 Å². The molecule has 0 aliphatic carbocycles. The van der Waals surface area contributed by atoms with Crippen molar-refractivity contribution in [3.05, 3.63) is 101 Å². The van der Waals surface area contributed by atoms with Crippen LogP contribution >= 0.6 is 0 Å². The molecular weight excluding hydrogens is 372 g/mol. The minimum Gasteiger partial charge on any atom is -0.332 e. The maximum Gasteiger partial charge on any atom is 0.258 e. The highest BCUT2D eigenvalue weighted by atomic mass is 16.2. The van der Waals surface area contributed by atoms with Crippen LogP contribution < -0.4 is 4.90 Å². The Morgan fingerprint density at radius 1 is 0.867 bits per heavy atom. The first-order chi connectivity index (χ1) is 14.5. The molecule has 30 heavy (non-hydrogen) atoms. The number of carbonyl (C=O) groups excluding carboxylic acids is 2. The Labute approximate surface area is 177 Å². The molecule has 3 aromatic carbocycles. The largest absolute Gasteiger partial charge is 0.332 e. The predicted octanol–water partition coefficient (Wildman–Crippen LogP) is 4.94. The van der Waals surface area contributed by atoms with Crippen molar-refractivity contribution in [2.75, 3.05) is 11.4 Å². The van der Waals surface area contributed by atoms with Gasteiger partial charge in [0.15, 0.2) is 0 Å². The first kappa shape index (κ1) is 19.9. The molecule has 1 heterocycles. The van der Waals surface area contributed by atoms with E-state index in [0.717, 1.165) is 17.7 Å². The molecule has 2 amide bonds. The van der Waals surface area contributed by atoms with Crippen LogP contribution in [0.1, 0.15) is 45.7 Å². The van der Waals surface area contributed by atoms with Crippen LogP contribution in [0.2, 0.25) is 0 Å². The van der Waals surface area contributed by atoms with Gasteiger partial charge in [-0.15, -0.1) is 0 Å². The standard InChI is InChI=1S/C26H26N2O2/c1-19(2)28(18-20-8-4-3-5-9-20)26(30)23-14-12-22(13-15-23)25(29)27-17-16-21-10-6-7-11-24(21)27/h3-15,19H,16-18H2,1-2H3. The maximum atomic E-state index is 13.1. The van der Waals surface area contributed by atoms with Gasteiger partial charge < -0.3 is 9.80 Å². The van der Waals surface area contributed by atoms with E-state index in [-0.39, 0.29) is 17.9 Å². The summed E-state index contributed by atoms with van der Waals surface area (Å²) in [4.78, 5) is 29.8. The Morgan fingerprint density at radius 2 is 1.50 bits per heavy atom. The van der Waals surface area contributed by atoms with Crippen LogP contribution in [-0.2, 0) is 13.0 Å². The molecule has 0 fully saturated rings. The molecule has 1 aliphatic rings. The van der Waals surface area contributed by atoms with E-state index >= 15 is 0 Å². The van der Waals surface area contributed by atoms with E-state index in [9.17, 15) is 9.59 Å². The third-order valence-electron chi connectivity index (χ3n) is 5.59. The molecule has 152 valence electrons. The molecule has 3 aromatic rings. The van der Waals surface area contributed by atoms with Crippen LogP contribution in [0, 0.1) is 0 Å². The highest BCUT2D eigenvalue weighted by molar-refractivity contribution is 6.07. The van der Waals surface area contributed by atoms with Crippen molar-refractivity contribution < 1.29 is 9.59 Å². The van der Waals surface area contributed by atoms with Crippen molar-refractivity contribution in [2.45, 2.75) is 32.9 Å². The number of hydrogen-bond acceptors (Lipinski definition) is 2. The molecule has 4 nitrogen and oxygen atoms in total. The fraction of sp³-hybridized carbons (Fsp3) is 0.231. The van der Waals surface area contributed by atoms with Gasteiger partial charge in [0.2, 0.25) is 0 Å². The van der Waals surface area contributed by atoms with Crippen LogP contribution in [0.5, 0.6) is 0 Å². The lowest BCUT2D eigenvalue weighted by atomic mass is 10.1. The zero-order valence-electron chi connectivity index (χ0n) is 17.4. The normalized spacial score (nSPS) is 12.7. The third kappa shape index (κ3) is 3.99. The fourth-order valence-electron chi connectivity index (χ4n) is 3.90. The molecule has 0 spiro atoms. The lowest BCUT2D eigenvalue weighted by molar-refractivity contribution is 0.0690. The zero-order valence-corrected chi connectivity index (χ0v) is 17.4. The van der Waals surface area contributed by atoms with E-state index in [4.69, 9.17) is 0 Å². The van der Waals surface area contributed by atoms with E-state index in [0.29, 0.717) is 24.2 Å². The highest BCUT2D eigenvalue weighted by Crippen LogP contribution is 2.29. The monoisotopic (exact) mass is 398 g/mol. The summed E-state index contributed by atoms with van der Waals surface area (Å²) >= 11 is 0. The van der Waals surface area contributed by atoms with Crippen molar-refractivity contribution >= 4 is 17.5 Å². The summed E-state index contributed by atoms with van der Waals surface area (Å²) in [5.74, 6) is -0.0525. The summed E-state index contributed by atoms with van der Waals surface area (Å²) in [5, 5.41) is 0. The molecule has 0 radical (unpaired) electrons. The van der Waals surface area contributed by atoms with Crippen LogP contribution in [0.3, 0.4) is 0 Å². The van der Waals surface area contributed by atoms with E-state index in [2.05, 4.69) is 6.07 Å². The second kappa shape index (κ2) is 8.54. The van der Waals surface area contributed by atoms with Crippen molar-refractivity contribution in [3.63, 3.8) is 0 Å². The van der Waals surface area contributed by atoms with Gasteiger partial charge in [0.05, 0.1) is 0 Å². The Hall–Kier alpha value is -3.40. The number of nitrogens with zero attached hydrogens (tertiary/aromatic N) is 2. The van der Waals surface area contributed by atoms with E-state index in [1.165, 1.54) is 5.56 Å². The molecule has 4 rings (SSSR count). The van der Waals surface area contributed by atoms with Crippen molar-refractivity contribution in [1.29, 1.82) is 0 Å². The lowest BCUT2D eigenvalue weighted by Crippen LogP contribution is -2.36. The SMILES string of the molecule is CC(C)N(Cc1ccccc1)C(=O)c1ccc(C(=O)N2CCc3ccccc32)cc1. The van der Waals surface area contributed by atoms with Crippen LogP contribution in [0.25, 0.3) is 0 Å². The predicted molar refractivity (Wildman–Crippen MR) is 120 cm³/mol. The first-order valence-corrected chi connectivity index (χ1v) is 10.4. The van der Waals surface area contributed by atoms with Gasteiger partial charge in [-0.2, -0.15) is 0 Å². The number of fused-ring (bicyclic) bond motifs is 1. The Bertz CT molecular complexity index is 1040. The van der Waals surface area contributed by atoms with Gasteiger partial charge in [-0.1, -0.05) is 48.5 Å². The number of anilines is 1. The van der Waals surface area contributed by atoms with Gasteiger partial charge in [-0.05, 0) is 61.7 Å². The zero-order chi connectivity index (χ0) is 21.1. The van der Waals surface area contributed by atoms with E-state index < -0.39 is 0 Å². The average molecular weight is 399 g/mol. The molecule has 0 bridgehead atoms. The van der Waals surface area contributed by atoms with Gasteiger partial charge in [0, 0.05) is 35.9 Å². The second-order valence-electron chi connectivity index (χ2n) is 7.93. The first-order valence-electron chi connectivity index (χ1n) is 10.4. The smallest absolute Gasteiger partial charge is 0.258 e. The Balaban J connectivity index is 1.51. The lowest BCUT2D eigenvalue weighted by Gasteiger charge is -2.27. The van der Waals surface area contributed by atoms with Crippen molar-refractivity contribution in [2.24, 2.45) is 0 Å². The van der Waals surface area contributed by atoms with E-state index in [1.807, 2.05) is 72.2 Å². The molecular formula is C26H26N2O2. The molecule has 0 saturated carbocycles. The summed E-state index contributed by atoms with van der Waals surface area (Å²) in [6.45, 7) is 5.28. The maximum absolute atomic E-state index is 13.1. The fourth-order valence-corrected chi connectivity index (χ4v) is 3.90. The number of benzene rings is 3. The number of hydrogen-bond donors (Lipinski definition) is 0. The highest BCUT2D eigenvalue weighted by Gasteiger charge is 2.25. The molecule has 4 heteroatoms. The summed E-state index contributed by atoms with van der Waals surface area (Å²) in [6, 6.07) is 25.1. The number of rotatable bonds is 5. The Kier molecular flexibility index (Phi) is 5.66. The third-order valence-corrected chi connectivity index (χ3v) is 5.59. The van der Waals surface area contributed by atoms with Crippen molar-refractivity contribution in [3.8, 4) is 0 Å². The minimum atomic E-state index is -0.0284. The molecule has 0 N–H and O–H groups in total. The summed E-state index contributed by atoms with van der Waals surface area (Å²) in [5.41, 5.74) is 4.47. The molecule has 0 saturated heterocycles. The topological polar surface area (TPSA) is 40.6 Å². The number of carbonyl (C=O) groups is 2. The van der Waals surface area contributed by atoms with Gasteiger partial charge in [-0.25, -0.2) is 0 Å². The molecule has 0 atom stereocenters. The second-order valence-corrected chi connectivity index (χ2v) is 7.93. The summed E-state index contributed by atoms with van der Waals surface area (Å²) in [6.07, 6.45) is 0.876. The molecule has 0 aromatic heterocycles. The average Bonchev–Trinajstić information content (AvgIpc) is 3.21. The quantitative estimate of drug-likeness (QED) is 0.611. The van der Waals surface area contributed by atoms with Crippen molar-refractivity contribution in [1.82, 2.24) is 4.90 Å². The van der Waals surface area contributed by atoms with E-state index in [1.54, 1.807) is 24.3 Å². The van der Waals surface area contributed by atoms with Crippen LogP contribution in [0.4, 0.5) is 5.69 Å². The Morgan fingerprint density at radius 3 is 2.20 bits per heavy atom. The number of para-hydroxylation sites is 1. The minimum absolute atomic E-state index is 0.0241. The van der Waals surface area contributed by atoms with Gasteiger partial charge >= 0.3 is 0 Å². The van der Waals surface area contributed by atoms with Crippen LogP contribution in [0.15, 0.2) is 78.9 Å². The summed E-state index contributed by atoms with van der Waals surface area (Å²) in [7, 11) is 0. The van der Waals surface area contributed by atoms with Gasteiger partial charge in [0.1, 0.15) is 0 Å². The molecule has 1 aliphatic heterocycles. The van der Waals surface area contributed by atoms with Gasteiger partial charge in [-0.3, -0.25) is 9.59 Å². The summed E-state index contributed by atoms with van der Waals surface area (Å²) < 4.78 is 0.